The Bertz CT molecular complexity index is 526. The molecule has 2 fully saturated rings. The normalized spacial score (nSPS) is 25.0. The van der Waals surface area contributed by atoms with Crippen LogP contribution in [0.4, 0.5) is 0 Å². The summed E-state index contributed by atoms with van der Waals surface area (Å²) < 4.78 is 11.2. The van der Waals surface area contributed by atoms with Crippen LogP contribution in [0.2, 0.25) is 0 Å². The lowest BCUT2D eigenvalue weighted by Gasteiger charge is -2.05. The van der Waals surface area contributed by atoms with E-state index in [2.05, 4.69) is 24.5 Å². The zero-order valence-corrected chi connectivity index (χ0v) is 18.7. The number of unbranched alkanes of at least 4 members (excludes halogenated alkanes) is 2. The first-order valence-corrected chi connectivity index (χ1v) is 11.8. The molecule has 2 saturated heterocycles. The summed E-state index contributed by atoms with van der Waals surface area (Å²) in [6.07, 6.45) is 19.0. The number of amides is 2. The highest BCUT2D eigenvalue weighted by molar-refractivity contribution is 5.78. The summed E-state index contributed by atoms with van der Waals surface area (Å²) in [6, 6.07) is 0. The van der Waals surface area contributed by atoms with Crippen molar-refractivity contribution in [1.29, 1.82) is 0 Å². The Kier molecular flexibility index (Phi) is 11.8. The van der Waals surface area contributed by atoms with Gasteiger partial charge in [0.2, 0.25) is 11.8 Å². The smallest absolute Gasteiger partial charge is 0.223 e. The molecule has 6 heteroatoms. The predicted molar refractivity (Wildman–Crippen MR) is 119 cm³/mol. The number of rotatable bonds is 17. The van der Waals surface area contributed by atoms with Crippen LogP contribution in [0.3, 0.4) is 0 Å². The van der Waals surface area contributed by atoms with Gasteiger partial charge in [0.25, 0.3) is 0 Å². The van der Waals surface area contributed by atoms with Crippen LogP contribution >= 0.6 is 0 Å². The highest BCUT2D eigenvalue weighted by atomic mass is 16.6. The minimum atomic E-state index is -0.0262. The van der Waals surface area contributed by atoms with Crippen LogP contribution in [-0.2, 0) is 19.1 Å². The van der Waals surface area contributed by atoms with Crippen molar-refractivity contribution < 1.29 is 19.1 Å². The van der Waals surface area contributed by atoms with E-state index in [4.69, 9.17) is 9.47 Å². The Morgan fingerprint density at radius 1 is 0.700 bits per heavy atom. The third-order valence-corrected chi connectivity index (χ3v) is 5.51. The summed E-state index contributed by atoms with van der Waals surface area (Å²) in [5.74, 6) is -0.0524. The number of ether oxygens (including phenoxy) is 2. The number of carbonyl (C=O) groups is 2. The first-order valence-electron chi connectivity index (χ1n) is 11.8. The predicted octanol–water partition coefficient (Wildman–Crippen LogP) is 3.81. The van der Waals surface area contributed by atoms with Crippen molar-refractivity contribution in [3.8, 4) is 0 Å². The minimum absolute atomic E-state index is 0.0262. The van der Waals surface area contributed by atoms with E-state index in [1.54, 1.807) is 0 Å². The first kappa shape index (κ1) is 24.6. The van der Waals surface area contributed by atoms with Gasteiger partial charge < -0.3 is 20.1 Å². The molecule has 2 aliphatic rings. The third kappa shape index (κ3) is 10.9. The first-order chi connectivity index (χ1) is 14.6. The quantitative estimate of drug-likeness (QED) is 0.213. The van der Waals surface area contributed by atoms with Gasteiger partial charge in [-0.3, -0.25) is 9.59 Å². The summed E-state index contributed by atoms with van der Waals surface area (Å²) >= 11 is 0. The number of epoxide rings is 2. The molecular weight excluding hydrogens is 380 g/mol. The molecule has 0 spiro atoms. The van der Waals surface area contributed by atoms with E-state index < -0.39 is 0 Å². The third-order valence-electron chi connectivity index (χ3n) is 5.51. The monoisotopic (exact) mass is 420 g/mol. The van der Waals surface area contributed by atoms with Gasteiger partial charge in [-0.2, -0.15) is 0 Å². The Hall–Kier alpha value is -1.66. The highest BCUT2D eigenvalue weighted by Gasteiger charge is 2.36. The fraction of sp³-hybridized carbons (Fsp3) is 0.750. The van der Waals surface area contributed by atoms with Crippen LogP contribution in [0.25, 0.3) is 0 Å². The molecule has 30 heavy (non-hydrogen) atoms. The van der Waals surface area contributed by atoms with Crippen molar-refractivity contribution >= 4 is 11.8 Å². The molecule has 2 amide bonds. The Morgan fingerprint density at radius 2 is 1.13 bits per heavy atom. The van der Waals surface area contributed by atoms with Gasteiger partial charge in [0.15, 0.2) is 0 Å². The summed E-state index contributed by atoms with van der Waals surface area (Å²) in [5, 5.41) is 5.64. The summed E-state index contributed by atoms with van der Waals surface area (Å²) in [5.41, 5.74) is 0. The van der Waals surface area contributed by atoms with Crippen molar-refractivity contribution in [2.75, 3.05) is 13.1 Å². The number of hydrogen-bond donors (Lipinski definition) is 2. The molecule has 2 heterocycles. The van der Waals surface area contributed by atoms with Crippen molar-refractivity contribution in [3.63, 3.8) is 0 Å². The van der Waals surface area contributed by atoms with E-state index in [9.17, 15) is 9.59 Å². The second-order valence-corrected chi connectivity index (χ2v) is 8.23. The topological polar surface area (TPSA) is 83.3 Å². The molecule has 0 aliphatic carbocycles. The van der Waals surface area contributed by atoms with Crippen molar-refractivity contribution in [2.45, 2.75) is 102 Å². The molecule has 0 radical (unpaired) electrons. The summed E-state index contributed by atoms with van der Waals surface area (Å²) in [6.45, 7) is 5.27. The second-order valence-electron chi connectivity index (χ2n) is 8.23. The van der Waals surface area contributed by atoms with Crippen LogP contribution in [-0.4, -0.2) is 49.3 Å². The Morgan fingerprint density at radius 3 is 1.53 bits per heavy atom. The maximum absolute atomic E-state index is 11.8. The zero-order chi connectivity index (χ0) is 21.6. The van der Waals surface area contributed by atoms with Gasteiger partial charge in [0, 0.05) is 25.9 Å². The van der Waals surface area contributed by atoms with Gasteiger partial charge in [-0.1, -0.05) is 63.8 Å². The van der Waals surface area contributed by atoms with E-state index in [0.29, 0.717) is 50.3 Å². The van der Waals surface area contributed by atoms with E-state index in [1.165, 1.54) is 25.7 Å². The average molecular weight is 421 g/mol. The summed E-state index contributed by atoms with van der Waals surface area (Å²) in [4.78, 5) is 23.6. The highest BCUT2D eigenvalue weighted by Crippen LogP contribution is 2.30. The molecular formula is C24H40N2O4. The van der Waals surface area contributed by atoms with Gasteiger partial charge in [0.05, 0.1) is 24.4 Å². The summed E-state index contributed by atoms with van der Waals surface area (Å²) in [7, 11) is 0. The maximum atomic E-state index is 11.8. The van der Waals surface area contributed by atoms with Gasteiger partial charge in [-0.25, -0.2) is 0 Å². The minimum Gasteiger partial charge on any atom is -0.369 e. The lowest BCUT2D eigenvalue weighted by molar-refractivity contribution is -0.122. The van der Waals surface area contributed by atoms with Gasteiger partial charge in [0.1, 0.15) is 0 Å². The largest absolute Gasteiger partial charge is 0.369 e. The zero-order valence-electron chi connectivity index (χ0n) is 18.7. The molecule has 0 bridgehead atoms. The van der Waals surface area contributed by atoms with Gasteiger partial charge in [-0.15, -0.1) is 0 Å². The molecule has 2 aliphatic heterocycles. The van der Waals surface area contributed by atoms with Crippen LogP contribution in [0.5, 0.6) is 0 Å². The molecule has 6 nitrogen and oxygen atoms in total. The van der Waals surface area contributed by atoms with E-state index in [1.807, 2.05) is 24.3 Å². The van der Waals surface area contributed by atoms with E-state index >= 15 is 0 Å². The average Bonchev–Trinajstić information content (AvgIpc) is 3.65. The Balaban J connectivity index is 1.39. The molecule has 0 saturated carbocycles. The van der Waals surface area contributed by atoms with Crippen molar-refractivity contribution in [2.24, 2.45) is 0 Å². The van der Waals surface area contributed by atoms with Crippen molar-refractivity contribution in [3.05, 3.63) is 24.3 Å². The molecule has 0 aromatic rings. The van der Waals surface area contributed by atoms with E-state index in [0.717, 1.165) is 25.7 Å². The number of nitrogens with one attached hydrogen (secondary N) is 2. The molecule has 170 valence electrons. The molecule has 2 rings (SSSR count). The molecule has 4 atom stereocenters. The fourth-order valence-electron chi connectivity index (χ4n) is 3.48. The number of hydrogen-bond acceptors (Lipinski definition) is 4. The van der Waals surface area contributed by atoms with E-state index in [-0.39, 0.29) is 11.8 Å². The lowest BCUT2D eigenvalue weighted by Crippen LogP contribution is -2.34. The van der Waals surface area contributed by atoms with Gasteiger partial charge >= 0.3 is 0 Å². The second kappa shape index (κ2) is 14.4. The SMILES string of the molecule is CCCCC1OC1C/C=C/CC(=O)NCCNC(=O)C/C=C/CC1OC1CCCC. The molecule has 2 N–H and O–H groups in total. The van der Waals surface area contributed by atoms with Gasteiger partial charge in [-0.05, 0) is 25.7 Å². The van der Waals surface area contributed by atoms with Crippen LogP contribution < -0.4 is 10.6 Å². The number of carbonyl (C=O) groups excluding carboxylic acids is 2. The van der Waals surface area contributed by atoms with Crippen LogP contribution in [0.1, 0.15) is 78.1 Å². The maximum Gasteiger partial charge on any atom is 0.223 e. The molecule has 0 aromatic carbocycles. The molecule has 0 aromatic heterocycles. The fourth-order valence-corrected chi connectivity index (χ4v) is 3.48. The van der Waals surface area contributed by atoms with Crippen molar-refractivity contribution in [1.82, 2.24) is 10.6 Å². The standard InChI is InChI=1S/C24H40N2O4/c1-3-5-11-19-21(29-19)13-7-9-15-23(27)25-17-18-26-24(28)16-10-8-14-22-20(30-22)12-6-4-2/h7-10,19-22H,3-6,11-18H2,1-2H3,(H,25,27)(H,26,28)/b9-7+,10-8+. The van der Waals surface area contributed by atoms with Crippen LogP contribution in [0, 0.1) is 0 Å². The Labute approximate surface area is 181 Å². The van der Waals surface area contributed by atoms with Crippen LogP contribution in [0.15, 0.2) is 24.3 Å². The lowest BCUT2D eigenvalue weighted by atomic mass is 10.1. The molecule has 4 unspecified atom stereocenters.